The van der Waals surface area contributed by atoms with Gasteiger partial charge in [-0.25, -0.2) is 9.44 Å². The summed E-state index contributed by atoms with van der Waals surface area (Å²) < 4.78 is 31.7. The van der Waals surface area contributed by atoms with Gasteiger partial charge in [0.05, 0.1) is 6.61 Å². The highest BCUT2D eigenvalue weighted by Crippen LogP contribution is 1.87. The van der Waals surface area contributed by atoms with E-state index in [9.17, 15) is 8.42 Å². The summed E-state index contributed by atoms with van der Waals surface area (Å²) in [6.45, 7) is 2.85. The minimum absolute atomic E-state index is 0.135. The molecule has 7 heteroatoms. The Kier molecular flexibility index (Phi) is 7.02. The minimum Gasteiger partial charge on any atom is -0.383 e. The molecular formula is C7H19N3O3S. The lowest BCUT2D eigenvalue weighted by Gasteiger charge is -2.11. The van der Waals surface area contributed by atoms with Crippen LogP contribution >= 0.6 is 0 Å². The van der Waals surface area contributed by atoms with E-state index in [0.29, 0.717) is 26.1 Å². The third kappa shape index (κ3) is 7.22. The van der Waals surface area contributed by atoms with Crippen molar-refractivity contribution in [2.75, 3.05) is 26.8 Å². The van der Waals surface area contributed by atoms with Gasteiger partial charge in [0.1, 0.15) is 0 Å². The lowest BCUT2D eigenvalue weighted by atomic mass is 10.2. The Morgan fingerprint density at radius 1 is 1.43 bits per heavy atom. The summed E-state index contributed by atoms with van der Waals surface area (Å²) in [6, 6.07) is -0.135. The van der Waals surface area contributed by atoms with E-state index in [1.165, 1.54) is 0 Å². The summed E-state index contributed by atoms with van der Waals surface area (Å²) >= 11 is 0. The van der Waals surface area contributed by atoms with Crippen LogP contribution in [-0.2, 0) is 14.9 Å². The maximum absolute atomic E-state index is 11.1. The molecule has 0 rings (SSSR count). The van der Waals surface area contributed by atoms with Crippen LogP contribution in [0.1, 0.15) is 13.3 Å². The molecule has 0 aromatic rings. The highest BCUT2D eigenvalue weighted by atomic mass is 32.2. The molecule has 0 spiro atoms. The average Bonchev–Trinajstić information content (AvgIpc) is 2.03. The van der Waals surface area contributed by atoms with Gasteiger partial charge in [-0.1, -0.05) is 6.92 Å². The molecule has 0 fully saturated rings. The van der Waals surface area contributed by atoms with Gasteiger partial charge in [0.25, 0.3) is 10.2 Å². The highest BCUT2D eigenvalue weighted by Gasteiger charge is 2.08. The van der Waals surface area contributed by atoms with Gasteiger partial charge in [-0.2, -0.15) is 8.42 Å². The van der Waals surface area contributed by atoms with Crippen LogP contribution in [0.5, 0.6) is 0 Å². The molecule has 4 N–H and O–H groups in total. The number of nitrogens with one attached hydrogen (secondary N) is 2. The third-order valence-corrected chi connectivity index (χ3v) is 2.78. The van der Waals surface area contributed by atoms with Gasteiger partial charge in [-0.3, -0.25) is 0 Å². The summed E-state index contributed by atoms with van der Waals surface area (Å²) in [6.07, 6.45) is 0.554. The lowest BCUT2D eigenvalue weighted by molar-refractivity contribution is 0.177. The third-order valence-electron chi connectivity index (χ3n) is 1.52. The van der Waals surface area contributed by atoms with Crippen molar-refractivity contribution >= 4 is 10.2 Å². The molecule has 0 heterocycles. The number of hydrogen-bond donors (Lipinski definition) is 3. The Bertz CT molecular complexity index is 230. The summed E-state index contributed by atoms with van der Waals surface area (Å²) in [4.78, 5) is 0. The molecule has 86 valence electrons. The number of nitrogens with two attached hydrogens (primary N) is 1. The monoisotopic (exact) mass is 225 g/mol. The van der Waals surface area contributed by atoms with Gasteiger partial charge < -0.3 is 10.5 Å². The van der Waals surface area contributed by atoms with E-state index in [0.717, 1.165) is 0 Å². The first-order valence-electron chi connectivity index (χ1n) is 4.50. The molecule has 14 heavy (non-hydrogen) atoms. The first kappa shape index (κ1) is 13.8. The van der Waals surface area contributed by atoms with E-state index in [1.807, 2.05) is 0 Å². The fourth-order valence-corrected chi connectivity index (χ4v) is 1.79. The van der Waals surface area contributed by atoms with Crippen LogP contribution in [0.3, 0.4) is 0 Å². The first-order valence-corrected chi connectivity index (χ1v) is 5.99. The van der Waals surface area contributed by atoms with E-state index in [-0.39, 0.29) is 6.04 Å². The van der Waals surface area contributed by atoms with Gasteiger partial charge >= 0.3 is 0 Å². The topological polar surface area (TPSA) is 93.5 Å². The lowest BCUT2D eigenvalue weighted by Crippen LogP contribution is -2.39. The number of ether oxygens (including phenoxy) is 1. The molecule has 0 aliphatic heterocycles. The van der Waals surface area contributed by atoms with Crippen LogP contribution < -0.4 is 15.2 Å². The van der Waals surface area contributed by atoms with Gasteiger partial charge in [0.2, 0.25) is 0 Å². The van der Waals surface area contributed by atoms with Crippen molar-refractivity contribution in [2.24, 2.45) is 5.73 Å². The fourth-order valence-electron chi connectivity index (χ4n) is 0.917. The number of hydrogen-bond acceptors (Lipinski definition) is 4. The van der Waals surface area contributed by atoms with E-state index in [1.54, 1.807) is 14.0 Å². The summed E-state index contributed by atoms with van der Waals surface area (Å²) in [5, 5.41) is 0. The van der Waals surface area contributed by atoms with Crippen molar-refractivity contribution < 1.29 is 13.2 Å². The van der Waals surface area contributed by atoms with E-state index in [4.69, 9.17) is 10.5 Å². The number of methoxy groups -OCH3 is 1. The summed E-state index contributed by atoms with van der Waals surface area (Å²) in [7, 11) is -1.78. The molecule has 0 saturated carbocycles. The van der Waals surface area contributed by atoms with E-state index in [2.05, 4.69) is 9.44 Å². The standard InChI is InChI=1S/C7H19N3O3S/c1-3-9-14(11,12)10-5-4-7(8)6-13-2/h7,9-10H,3-6,8H2,1-2H3. The molecule has 0 saturated heterocycles. The zero-order chi connectivity index (χ0) is 11.0. The Morgan fingerprint density at radius 2 is 2.07 bits per heavy atom. The van der Waals surface area contributed by atoms with Crippen LogP contribution in [0.15, 0.2) is 0 Å². The molecular weight excluding hydrogens is 206 g/mol. The Hall–Kier alpha value is -0.210. The van der Waals surface area contributed by atoms with Gasteiger partial charge in [0, 0.05) is 26.2 Å². The number of rotatable bonds is 8. The SMILES string of the molecule is CCNS(=O)(=O)NCCC(N)COC. The molecule has 0 radical (unpaired) electrons. The van der Waals surface area contributed by atoms with Crippen molar-refractivity contribution in [1.82, 2.24) is 9.44 Å². The molecule has 0 aliphatic carbocycles. The molecule has 0 bridgehead atoms. The van der Waals surface area contributed by atoms with Crippen LogP contribution in [0.25, 0.3) is 0 Å². The van der Waals surface area contributed by atoms with E-state index >= 15 is 0 Å². The molecule has 0 aromatic heterocycles. The predicted molar refractivity (Wildman–Crippen MR) is 55.1 cm³/mol. The summed E-state index contributed by atoms with van der Waals surface area (Å²) in [5.74, 6) is 0. The van der Waals surface area contributed by atoms with Crippen LogP contribution in [0.2, 0.25) is 0 Å². The minimum atomic E-state index is -3.34. The van der Waals surface area contributed by atoms with E-state index < -0.39 is 10.2 Å². The molecule has 1 atom stereocenters. The normalized spacial score (nSPS) is 14.2. The van der Waals surface area contributed by atoms with Gasteiger partial charge in [-0.05, 0) is 6.42 Å². The molecule has 0 aromatic carbocycles. The zero-order valence-electron chi connectivity index (χ0n) is 8.62. The predicted octanol–water partition coefficient (Wildman–Crippen LogP) is -1.21. The summed E-state index contributed by atoms with van der Waals surface area (Å²) in [5.41, 5.74) is 5.61. The Morgan fingerprint density at radius 3 is 2.57 bits per heavy atom. The highest BCUT2D eigenvalue weighted by molar-refractivity contribution is 7.87. The second-order valence-electron chi connectivity index (χ2n) is 2.90. The maximum atomic E-state index is 11.1. The van der Waals surface area contributed by atoms with Crippen molar-refractivity contribution in [3.63, 3.8) is 0 Å². The van der Waals surface area contributed by atoms with Crippen LogP contribution in [0.4, 0.5) is 0 Å². The Balaban J connectivity index is 3.63. The second kappa shape index (κ2) is 7.13. The molecule has 1 unspecified atom stereocenters. The molecule has 6 nitrogen and oxygen atoms in total. The van der Waals surface area contributed by atoms with Crippen LogP contribution in [-0.4, -0.2) is 41.3 Å². The van der Waals surface area contributed by atoms with Gasteiger partial charge in [-0.15, -0.1) is 0 Å². The van der Waals surface area contributed by atoms with Crippen molar-refractivity contribution in [1.29, 1.82) is 0 Å². The van der Waals surface area contributed by atoms with Crippen LogP contribution in [0, 0.1) is 0 Å². The maximum Gasteiger partial charge on any atom is 0.276 e. The molecule has 0 aliphatic rings. The quantitative estimate of drug-likeness (QED) is 0.483. The van der Waals surface area contributed by atoms with Crippen molar-refractivity contribution in [3.8, 4) is 0 Å². The second-order valence-corrected chi connectivity index (χ2v) is 4.48. The zero-order valence-corrected chi connectivity index (χ0v) is 9.43. The van der Waals surface area contributed by atoms with Crippen molar-refractivity contribution in [2.45, 2.75) is 19.4 Å². The Labute approximate surface area is 85.4 Å². The van der Waals surface area contributed by atoms with Gasteiger partial charge in [0.15, 0.2) is 0 Å². The smallest absolute Gasteiger partial charge is 0.276 e. The average molecular weight is 225 g/mol. The molecule has 0 amide bonds. The van der Waals surface area contributed by atoms with Crippen molar-refractivity contribution in [3.05, 3.63) is 0 Å². The largest absolute Gasteiger partial charge is 0.383 e. The first-order chi connectivity index (χ1) is 6.52. The fraction of sp³-hybridized carbons (Fsp3) is 1.00.